The molecule has 0 saturated carbocycles. The Balaban J connectivity index is 2.06. The van der Waals surface area contributed by atoms with Crippen molar-refractivity contribution >= 4 is 37.8 Å². The van der Waals surface area contributed by atoms with Gasteiger partial charge in [-0.1, -0.05) is 44.0 Å². The zero-order valence-corrected chi connectivity index (χ0v) is 18.1. The molecule has 0 spiro atoms. The predicted molar refractivity (Wildman–Crippen MR) is 106 cm³/mol. The Morgan fingerprint density at radius 3 is 2.25 bits per heavy atom. The number of esters is 1. The van der Waals surface area contributed by atoms with Crippen molar-refractivity contribution < 1.29 is 9.53 Å². The number of hydrogen-bond acceptors (Lipinski definition) is 3. The minimum Gasteiger partial charge on any atom is -0.462 e. The van der Waals surface area contributed by atoms with Crippen LogP contribution in [0.25, 0.3) is 0 Å². The third-order valence-electron chi connectivity index (χ3n) is 4.71. The second-order valence-corrected chi connectivity index (χ2v) is 9.89. The largest absolute Gasteiger partial charge is 0.462 e. The smallest absolute Gasteiger partial charge is 0.338 e. The predicted octanol–water partition coefficient (Wildman–Crippen LogP) is 5.33. The lowest BCUT2D eigenvalue weighted by molar-refractivity contribution is 0.0526. The Kier molecular flexibility index (Phi) is 6.54. The SMILES string of the molecule is CCOC(=O)c1ccc(C(Br)C2(Br)CCN(C(C)(C)C)CC2)cc1. The first-order chi connectivity index (χ1) is 11.2. The van der Waals surface area contributed by atoms with Crippen molar-refractivity contribution in [1.82, 2.24) is 4.90 Å². The van der Waals surface area contributed by atoms with E-state index in [-0.39, 0.29) is 20.7 Å². The zero-order chi connectivity index (χ0) is 18.0. The van der Waals surface area contributed by atoms with Gasteiger partial charge in [-0.25, -0.2) is 4.79 Å². The van der Waals surface area contributed by atoms with Crippen molar-refractivity contribution in [2.45, 2.75) is 55.2 Å². The topological polar surface area (TPSA) is 29.5 Å². The minimum absolute atomic E-state index is 0.0419. The average Bonchev–Trinajstić information content (AvgIpc) is 2.54. The van der Waals surface area contributed by atoms with Crippen LogP contribution in [0.4, 0.5) is 0 Å². The van der Waals surface area contributed by atoms with Gasteiger partial charge in [0, 0.05) is 23.0 Å². The maximum absolute atomic E-state index is 11.8. The highest BCUT2D eigenvalue weighted by Crippen LogP contribution is 2.48. The van der Waals surface area contributed by atoms with Crippen molar-refractivity contribution in [3.05, 3.63) is 35.4 Å². The second kappa shape index (κ2) is 7.88. The maximum Gasteiger partial charge on any atom is 0.338 e. The third-order valence-corrected chi connectivity index (χ3v) is 7.98. The Labute approximate surface area is 162 Å². The first-order valence-electron chi connectivity index (χ1n) is 8.52. The number of nitrogens with zero attached hydrogens (tertiary/aromatic N) is 1. The fourth-order valence-corrected chi connectivity index (χ4v) is 4.49. The van der Waals surface area contributed by atoms with Crippen LogP contribution in [0.5, 0.6) is 0 Å². The average molecular weight is 461 g/mol. The molecule has 2 rings (SSSR count). The summed E-state index contributed by atoms with van der Waals surface area (Å²) >= 11 is 7.88. The molecule has 1 aliphatic rings. The highest BCUT2D eigenvalue weighted by atomic mass is 79.9. The lowest BCUT2D eigenvalue weighted by atomic mass is 9.87. The van der Waals surface area contributed by atoms with Gasteiger partial charge in [-0.05, 0) is 58.2 Å². The summed E-state index contributed by atoms with van der Waals surface area (Å²) in [4.78, 5) is 14.5. The summed E-state index contributed by atoms with van der Waals surface area (Å²) in [5.74, 6) is -0.262. The molecule has 1 atom stereocenters. The van der Waals surface area contributed by atoms with E-state index in [1.165, 1.54) is 5.56 Å². The molecule has 5 heteroatoms. The van der Waals surface area contributed by atoms with Crippen LogP contribution in [0, 0.1) is 0 Å². The number of alkyl halides is 2. The standard InChI is InChI=1S/C19H27Br2NO2/c1-5-24-17(23)15-8-6-14(7-9-15)16(20)19(21)10-12-22(13-11-19)18(2,3)4/h6-9,16H,5,10-13H2,1-4H3. The second-order valence-electron chi connectivity index (χ2n) is 7.40. The summed E-state index contributed by atoms with van der Waals surface area (Å²) in [6, 6.07) is 7.74. The molecule has 1 unspecified atom stereocenters. The number of benzene rings is 1. The van der Waals surface area contributed by atoms with Gasteiger partial charge in [0.25, 0.3) is 0 Å². The molecule has 1 aliphatic heterocycles. The number of carbonyl (C=O) groups is 1. The van der Waals surface area contributed by atoms with E-state index >= 15 is 0 Å². The van der Waals surface area contributed by atoms with E-state index in [0.29, 0.717) is 12.2 Å². The number of likely N-dealkylation sites (tertiary alicyclic amines) is 1. The highest BCUT2D eigenvalue weighted by Gasteiger charge is 2.40. The van der Waals surface area contributed by atoms with Crippen molar-refractivity contribution in [2.24, 2.45) is 0 Å². The number of rotatable bonds is 4. The van der Waals surface area contributed by atoms with Gasteiger partial charge in [0.05, 0.1) is 17.0 Å². The summed E-state index contributed by atoms with van der Waals surface area (Å²) in [6.07, 6.45) is 2.17. The Morgan fingerprint density at radius 1 is 1.25 bits per heavy atom. The van der Waals surface area contributed by atoms with E-state index in [1.807, 2.05) is 31.2 Å². The van der Waals surface area contributed by atoms with Gasteiger partial charge in [-0.2, -0.15) is 0 Å². The number of hydrogen-bond donors (Lipinski definition) is 0. The van der Waals surface area contributed by atoms with Gasteiger partial charge < -0.3 is 4.74 Å². The van der Waals surface area contributed by atoms with Gasteiger partial charge in [0.1, 0.15) is 0 Å². The van der Waals surface area contributed by atoms with E-state index in [0.717, 1.165) is 25.9 Å². The molecule has 1 fully saturated rings. The van der Waals surface area contributed by atoms with Crippen LogP contribution in [0.2, 0.25) is 0 Å². The quantitative estimate of drug-likeness (QED) is 0.449. The van der Waals surface area contributed by atoms with E-state index in [9.17, 15) is 4.79 Å². The molecule has 0 amide bonds. The fourth-order valence-electron chi connectivity index (χ4n) is 3.10. The van der Waals surface area contributed by atoms with Crippen molar-refractivity contribution in [2.75, 3.05) is 19.7 Å². The summed E-state index contributed by atoms with van der Waals surface area (Å²) in [6.45, 7) is 11.2. The van der Waals surface area contributed by atoms with Crippen molar-refractivity contribution in [3.8, 4) is 0 Å². The molecule has 24 heavy (non-hydrogen) atoms. The Hall–Kier alpha value is -0.390. The molecule has 134 valence electrons. The van der Waals surface area contributed by atoms with Crippen molar-refractivity contribution in [3.63, 3.8) is 0 Å². The van der Waals surface area contributed by atoms with Crippen LogP contribution >= 0.6 is 31.9 Å². The zero-order valence-electron chi connectivity index (χ0n) is 14.9. The van der Waals surface area contributed by atoms with E-state index in [4.69, 9.17) is 4.74 Å². The summed E-state index contributed by atoms with van der Waals surface area (Å²) < 4.78 is 5.08. The molecule has 0 aromatic heterocycles. The van der Waals surface area contributed by atoms with E-state index in [1.54, 1.807) is 0 Å². The molecule has 1 aromatic carbocycles. The molecule has 3 nitrogen and oxygen atoms in total. The lowest BCUT2D eigenvalue weighted by Crippen LogP contribution is -2.50. The summed E-state index contributed by atoms with van der Waals surface area (Å²) in [7, 11) is 0. The van der Waals surface area contributed by atoms with E-state index < -0.39 is 0 Å². The molecule has 0 radical (unpaired) electrons. The molecule has 0 N–H and O–H groups in total. The van der Waals surface area contributed by atoms with Gasteiger partial charge in [-0.15, -0.1) is 0 Å². The normalized spacial score (nSPS) is 19.8. The molecular formula is C19H27Br2NO2. The lowest BCUT2D eigenvalue weighted by Gasteiger charge is -2.46. The van der Waals surface area contributed by atoms with E-state index in [2.05, 4.69) is 57.5 Å². The maximum atomic E-state index is 11.8. The monoisotopic (exact) mass is 459 g/mol. The van der Waals surface area contributed by atoms with Crippen LogP contribution < -0.4 is 0 Å². The van der Waals surface area contributed by atoms with Crippen molar-refractivity contribution in [1.29, 1.82) is 0 Å². The van der Waals surface area contributed by atoms with Crippen LogP contribution in [-0.2, 0) is 4.74 Å². The number of ether oxygens (including phenoxy) is 1. The Bertz CT molecular complexity index is 558. The summed E-state index contributed by atoms with van der Waals surface area (Å²) in [5.41, 5.74) is 2.01. The fraction of sp³-hybridized carbons (Fsp3) is 0.632. The molecule has 1 heterocycles. The first-order valence-corrected chi connectivity index (χ1v) is 10.2. The number of halogens is 2. The van der Waals surface area contributed by atoms with Gasteiger partial charge in [0.15, 0.2) is 0 Å². The molecule has 0 bridgehead atoms. The third kappa shape index (κ3) is 4.61. The number of piperidine rings is 1. The number of carbonyl (C=O) groups excluding carboxylic acids is 1. The minimum atomic E-state index is -0.262. The Morgan fingerprint density at radius 2 is 1.79 bits per heavy atom. The molecule has 0 aliphatic carbocycles. The van der Waals surface area contributed by atoms with Crippen LogP contribution in [0.1, 0.15) is 61.3 Å². The summed E-state index contributed by atoms with van der Waals surface area (Å²) in [5, 5.41) is 0. The van der Waals surface area contributed by atoms with Gasteiger partial charge in [0.2, 0.25) is 0 Å². The molecule has 1 saturated heterocycles. The molecule has 1 aromatic rings. The molecular weight excluding hydrogens is 434 g/mol. The van der Waals surface area contributed by atoms with Gasteiger partial charge >= 0.3 is 5.97 Å². The van der Waals surface area contributed by atoms with Gasteiger partial charge in [-0.3, -0.25) is 4.90 Å². The van der Waals surface area contributed by atoms with Crippen LogP contribution in [0.3, 0.4) is 0 Å². The van der Waals surface area contributed by atoms with Crippen LogP contribution in [-0.4, -0.2) is 40.4 Å². The van der Waals surface area contributed by atoms with Crippen LogP contribution in [0.15, 0.2) is 24.3 Å². The highest BCUT2D eigenvalue weighted by molar-refractivity contribution is 9.12. The first kappa shape index (κ1) is 19.9.